The average Bonchev–Trinajstić information content (AvgIpc) is 2.78. The molecule has 106 valence electrons. The lowest BCUT2D eigenvalue weighted by Gasteiger charge is -2.33. The highest BCUT2D eigenvalue weighted by Gasteiger charge is 2.28. The summed E-state index contributed by atoms with van der Waals surface area (Å²) in [4.78, 5) is 17.8. The van der Waals surface area contributed by atoms with Gasteiger partial charge >= 0.3 is 5.97 Å². The number of aromatic nitrogens is 3. The molecule has 3 rings (SSSR count). The van der Waals surface area contributed by atoms with Crippen molar-refractivity contribution in [3.8, 4) is 0 Å². The highest BCUT2D eigenvalue weighted by Crippen LogP contribution is 2.32. The Morgan fingerprint density at radius 3 is 3.00 bits per heavy atom. The number of fused-ring (bicyclic) bond motifs is 1. The third-order valence-corrected chi connectivity index (χ3v) is 3.99. The molecule has 0 aromatic carbocycles. The summed E-state index contributed by atoms with van der Waals surface area (Å²) < 4.78 is 1.57. The molecular formula is C13H15ClN4O2. The quantitative estimate of drug-likeness (QED) is 0.920. The summed E-state index contributed by atoms with van der Waals surface area (Å²) in [5.41, 5.74) is 1.43. The number of likely N-dealkylation sites (tertiary alicyclic amines) is 1. The van der Waals surface area contributed by atoms with Crippen molar-refractivity contribution in [2.45, 2.75) is 25.3 Å². The fourth-order valence-electron chi connectivity index (χ4n) is 2.83. The van der Waals surface area contributed by atoms with Crippen LogP contribution in [0, 0.1) is 0 Å². The lowest BCUT2D eigenvalue weighted by Crippen LogP contribution is -2.32. The summed E-state index contributed by atoms with van der Waals surface area (Å²) in [7, 11) is 2.01. The first-order valence-electron chi connectivity index (χ1n) is 6.55. The maximum atomic E-state index is 11.5. The molecule has 0 spiro atoms. The van der Waals surface area contributed by atoms with Gasteiger partial charge in [0.2, 0.25) is 0 Å². The molecule has 0 bridgehead atoms. The first kappa shape index (κ1) is 13.3. The minimum absolute atomic E-state index is 0.0244. The first-order chi connectivity index (χ1) is 9.58. The number of rotatable bonds is 2. The van der Waals surface area contributed by atoms with Crippen molar-refractivity contribution in [3.63, 3.8) is 0 Å². The fourth-order valence-corrected chi connectivity index (χ4v) is 3.00. The number of carbonyl (C=O) groups is 1. The van der Waals surface area contributed by atoms with Crippen LogP contribution in [0.25, 0.3) is 5.65 Å². The highest BCUT2D eigenvalue weighted by atomic mass is 35.5. The zero-order chi connectivity index (χ0) is 14.3. The molecule has 0 saturated carbocycles. The van der Waals surface area contributed by atoms with Crippen molar-refractivity contribution in [1.82, 2.24) is 19.5 Å². The van der Waals surface area contributed by atoms with Gasteiger partial charge in [0.15, 0.2) is 10.8 Å². The molecule has 1 fully saturated rings. The van der Waals surface area contributed by atoms with Crippen LogP contribution in [0.15, 0.2) is 12.3 Å². The number of carboxylic acid groups (broad SMARTS) is 1. The highest BCUT2D eigenvalue weighted by molar-refractivity contribution is 6.29. The Morgan fingerprint density at radius 1 is 1.50 bits per heavy atom. The standard InChI is InChI=1S/C13H15ClN4O2/c1-17-5-3-2-4-9(17)12-8(13(19)20)7-15-11-6-10(14)16-18(11)12/h6-7,9H,2-5H2,1H3,(H,19,20)/t9-/m0/s1. The predicted molar refractivity (Wildman–Crippen MR) is 74.2 cm³/mol. The van der Waals surface area contributed by atoms with E-state index in [4.69, 9.17) is 11.6 Å². The van der Waals surface area contributed by atoms with E-state index in [-0.39, 0.29) is 11.6 Å². The lowest BCUT2D eigenvalue weighted by molar-refractivity contribution is 0.0689. The number of nitrogens with zero attached hydrogens (tertiary/aromatic N) is 4. The van der Waals surface area contributed by atoms with E-state index >= 15 is 0 Å². The second-order valence-electron chi connectivity index (χ2n) is 5.09. The van der Waals surface area contributed by atoms with Gasteiger partial charge in [0.25, 0.3) is 0 Å². The van der Waals surface area contributed by atoms with Crippen LogP contribution < -0.4 is 0 Å². The van der Waals surface area contributed by atoms with Crippen molar-refractivity contribution in [2.24, 2.45) is 0 Å². The topological polar surface area (TPSA) is 70.7 Å². The monoisotopic (exact) mass is 294 g/mol. The second kappa shape index (κ2) is 5.03. The van der Waals surface area contributed by atoms with E-state index in [9.17, 15) is 9.90 Å². The summed E-state index contributed by atoms with van der Waals surface area (Å²) >= 11 is 5.93. The van der Waals surface area contributed by atoms with Crippen LogP contribution >= 0.6 is 11.6 Å². The summed E-state index contributed by atoms with van der Waals surface area (Å²) in [6.07, 6.45) is 4.51. The largest absolute Gasteiger partial charge is 0.478 e. The molecule has 20 heavy (non-hydrogen) atoms. The van der Waals surface area contributed by atoms with Gasteiger partial charge in [-0.05, 0) is 26.4 Å². The molecule has 0 unspecified atom stereocenters. The van der Waals surface area contributed by atoms with Gasteiger partial charge in [0.1, 0.15) is 5.56 Å². The van der Waals surface area contributed by atoms with Gasteiger partial charge in [-0.3, -0.25) is 4.90 Å². The molecule has 1 aliphatic heterocycles. The minimum atomic E-state index is -0.986. The maximum absolute atomic E-state index is 11.5. The summed E-state index contributed by atoms with van der Waals surface area (Å²) in [5, 5.41) is 13.9. The Morgan fingerprint density at radius 2 is 2.30 bits per heavy atom. The van der Waals surface area contributed by atoms with Gasteiger partial charge in [-0.15, -0.1) is 0 Å². The van der Waals surface area contributed by atoms with E-state index in [2.05, 4.69) is 15.0 Å². The first-order valence-corrected chi connectivity index (χ1v) is 6.93. The lowest BCUT2D eigenvalue weighted by atomic mass is 9.97. The van der Waals surface area contributed by atoms with Gasteiger partial charge in [-0.2, -0.15) is 5.10 Å². The minimum Gasteiger partial charge on any atom is -0.478 e. The zero-order valence-corrected chi connectivity index (χ0v) is 11.8. The summed E-state index contributed by atoms with van der Waals surface area (Å²) in [6, 6.07) is 1.66. The third kappa shape index (κ3) is 2.14. The number of aromatic carboxylic acids is 1. The zero-order valence-electron chi connectivity index (χ0n) is 11.1. The van der Waals surface area contributed by atoms with Crippen molar-refractivity contribution in [3.05, 3.63) is 28.7 Å². The van der Waals surface area contributed by atoms with Crippen LogP contribution in [0.1, 0.15) is 41.4 Å². The van der Waals surface area contributed by atoms with Crippen LogP contribution in [-0.2, 0) is 0 Å². The Hall–Kier alpha value is -1.66. The van der Waals surface area contributed by atoms with E-state index in [0.717, 1.165) is 25.8 Å². The molecule has 3 heterocycles. The van der Waals surface area contributed by atoms with Crippen LogP contribution in [0.3, 0.4) is 0 Å². The number of hydrogen-bond donors (Lipinski definition) is 1. The smallest absolute Gasteiger partial charge is 0.339 e. The van der Waals surface area contributed by atoms with Crippen LogP contribution in [0.5, 0.6) is 0 Å². The van der Waals surface area contributed by atoms with Gasteiger partial charge in [0.05, 0.1) is 11.7 Å². The molecule has 0 aliphatic carbocycles. The average molecular weight is 295 g/mol. The SMILES string of the molecule is CN1CCCC[C@H]1c1c(C(=O)O)cnc2cc(Cl)nn12. The number of piperidine rings is 1. The number of hydrogen-bond acceptors (Lipinski definition) is 4. The van der Waals surface area contributed by atoms with Gasteiger partial charge in [-0.1, -0.05) is 18.0 Å². The summed E-state index contributed by atoms with van der Waals surface area (Å²) in [6.45, 7) is 0.947. The Bertz CT molecular complexity index is 670. The van der Waals surface area contributed by atoms with Crippen molar-refractivity contribution in [1.29, 1.82) is 0 Å². The van der Waals surface area contributed by atoms with Gasteiger partial charge in [-0.25, -0.2) is 14.3 Å². The molecule has 2 aromatic heterocycles. The van der Waals surface area contributed by atoms with Crippen molar-refractivity contribution >= 4 is 23.2 Å². The molecule has 2 aromatic rings. The fraction of sp³-hybridized carbons (Fsp3) is 0.462. The molecule has 1 atom stereocenters. The molecule has 1 N–H and O–H groups in total. The van der Waals surface area contributed by atoms with Crippen LogP contribution in [0.4, 0.5) is 0 Å². The van der Waals surface area contributed by atoms with E-state index in [1.165, 1.54) is 6.20 Å². The third-order valence-electron chi connectivity index (χ3n) is 3.81. The molecule has 7 heteroatoms. The van der Waals surface area contributed by atoms with Gasteiger partial charge in [0, 0.05) is 12.3 Å². The number of carboxylic acids is 1. The predicted octanol–water partition coefficient (Wildman–Crippen LogP) is 2.24. The molecular weight excluding hydrogens is 280 g/mol. The molecule has 0 amide bonds. The Kier molecular flexibility index (Phi) is 3.35. The van der Waals surface area contributed by atoms with Crippen LogP contribution in [-0.4, -0.2) is 44.2 Å². The van der Waals surface area contributed by atoms with E-state index < -0.39 is 5.97 Å². The van der Waals surface area contributed by atoms with Crippen molar-refractivity contribution < 1.29 is 9.90 Å². The van der Waals surface area contributed by atoms with Crippen LogP contribution in [0.2, 0.25) is 5.15 Å². The van der Waals surface area contributed by atoms with E-state index in [1.807, 2.05) is 7.05 Å². The van der Waals surface area contributed by atoms with E-state index in [1.54, 1.807) is 10.6 Å². The van der Waals surface area contributed by atoms with E-state index in [0.29, 0.717) is 16.5 Å². The molecule has 6 nitrogen and oxygen atoms in total. The number of halogens is 1. The second-order valence-corrected chi connectivity index (χ2v) is 5.48. The van der Waals surface area contributed by atoms with Crippen molar-refractivity contribution in [2.75, 3.05) is 13.6 Å². The maximum Gasteiger partial charge on any atom is 0.339 e. The normalized spacial score (nSPS) is 20.4. The molecule has 0 radical (unpaired) electrons. The van der Waals surface area contributed by atoms with Gasteiger partial charge < -0.3 is 5.11 Å². The Balaban J connectivity index is 2.23. The molecule has 1 aliphatic rings. The Labute approximate surface area is 121 Å². The molecule has 1 saturated heterocycles. The summed E-state index contributed by atoms with van der Waals surface area (Å²) in [5.74, 6) is -0.986.